The molecule has 1 N–H and O–H groups in total. The third-order valence-corrected chi connectivity index (χ3v) is 3.99. The van der Waals surface area contributed by atoms with Gasteiger partial charge in [0.15, 0.2) is 0 Å². The van der Waals surface area contributed by atoms with Crippen LogP contribution in [0.3, 0.4) is 0 Å². The van der Waals surface area contributed by atoms with Crippen LogP contribution < -0.4 is 5.32 Å². The summed E-state index contributed by atoms with van der Waals surface area (Å²) in [4.78, 5) is 36.4. The maximum Gasteiger partial charge on any atom is 0.330 e. The SMILES string of the molecule is CSCCCCCCN1C(=O)NC(=O)C(C)(C)C1=O. The molecule has 19 heavy (non-hydrogen) atoms. The molecule has 1 saturated heterocycles. The van der Waals surface area contributed by atoms with Gasteiger partial charge in [-0.1, -0.05) is 12.8 Å². The van der Waals surface area contributed by atoms with Crippen LogP contribution in [0, 0.1) is 5.41 Å². The van der Waals surface area contributed by atoms with Crippen molar-refractivity contribution in [1.82, 2.24) is 10.2 Å². The smallest absolute Gasteiger partial charge is 0.277 e. The molecule has 1 aliphatic rings. The zero-order valence-electron chi connectivity index (χ0n) is 11.8. The molecule has 1 rings (SSSR count). The molecule has 5 nitrogen and oxygen atoms in total. The predicted octanol–water partition coefficient (Wildman–Crippen LogP) is 2.01. The number of thioether (sulfide) groups is 1. The minimum Gasteiger partial charge on any atom is -0.277 e. The molecule has 0 radical (unpaired) electrons. The van der Waals surface area contributed by atoms with E-state index >= 15 is 0 Å². The Morgan fingerprint density at radius 2 is 1.74 bits per heavy atom. The number of hydrogen-bond acceptors (Lipinski definition) is 4. The van der Waals surface area contributed by atoms with Crippen LogP contribution >= 0.6 is 11.8 Å². The molecule has 6 heteroatoms. The Balaban J connectivity index is 2.42. The Morgan fingerprint density at radius 1 is 1.11 bits per heavy atom. The topological polar surface area (TPSA) is 66.5 Å². The van der Waals surface area contributed by atoms with E-state index in [2.05, 4.69) is 11.6 Å². The molecule has 1 fully saturated rings. The van der Waals surface area contributed by atoms with E-state index in [1.54, 1.807) is 13.8 Å². The van der Waals surface area contributed by atoms with Crippen molar-refractivity contribution in [2.75, 3.05) is 18.6 Å². The number of urea groups is 1. The second kappa shape index (κ2) is 6.93. The highest BCUT2D eigenvalue weighted by molar-refractivity contribution is 7.98. The first-order valence-electron chi connectivity index (χ1n) is 6.57. The molecule has 0 aromatic carbocycles. The average Bonchev–Trinajstić information content (AvgIpc) is 2.35. The van der Waals surface area contributed by atoms with Gasteiger partial charge in [-0.15, -0.1) is 0 Å². The van der Waals surface area contributed by atoms with Gasteiger partial charge in [-0.2, -0.15) is 11.8 Å². The molecule has 0 atom stereocenters. The van der Waals surface area contributed by atoms with E-state index in [9.17, 15) is 14.4 Å². The number of amides is 4. The summed E-state index contributed by atoms with van der Waals surface area (Å²) in [5.41, 5.74) is -1.15. The molecule has 0 saturated carbocycles. The van der Waals surface area contributed by atoms with Crippen molar-refractivity contribution >= 4 is 29.6 Å². The Kier molecular flexibility index (Phi) is 5.85. The highest BCUT2D eigenvalue weighted by Gasteiger charge is 2.46. The molecular formula is C13H22N2O3S. The van der Waals surface area contributed by atoms with Gasteiger partial charge in [-0.05, 0) is 38.7 Å². The van der Waals surface area contributed by atoms with Gasteiger partial charge in [0.2, 0.25) is 11.8 Å². The Morgan fingerprint density at radius 3 is 2.37 bits per heavy atom. The monoisotopic (exact) mass is 286 g/mol. The standard InChI is InChI=1S/C13H22N2O3S/c1-13(2)10(16)14-12(18)15(11(13)17)8-6-4-5-7-9-19-3/h4-9H2,1-3H3,(H,14,16,18). The number of carbonyl (C=O) groups is 3. The van der Waals surface area contributed by atoms with Gasteiger partial charge in [0.25, 0.3) is 0 Å². The zero-order chi connectivity index (χ0) is 14.5. The van der Waals surface area contributed by atoms with Crippen LogP contribution in [0.15, 0.2) is 0 Å². The van der Waals surface area contributed by atoms with Gasteiger partial charge in [0.05, 0.1) is 0 Å². The number of imide groups is 2. The fraction of sp³-hybridized carbons (Fsp3) is 0.769. The summed E-state index contributed by atoms with van der Waals surface area (Å²) in [5.74, 6) is 0.231. The maximum absolute atomic E-state index is 12.1. The fourth-order valence-corrected chi connectivity index (χ4v) is 2.41. The Labute approximate surface area is 118 Å². The molecule has 1 aliphatic heterocycles. The summed E-state index contributed by atoms with van der Waals surface area (Å²) in [6, 6.07) is -0.585. The van der Waals surface area contributed by atoms with Crippen molar-refractivity contribution in [2.45, 2.75) is 39.5 Å². The first-order chi connectivity index (χ1) is 8.91. The van der Waals surface area contributed by atoms with Crippen LogP contribution in [0.4, 0.5) is 4.79 Å². The molecule has 108 valence electrons. The lowest BCUT2D eigenvalue weighted by molar-refractivity contribution is -0.149. The molecular weight excluding hydrogens is 264 g/mol. The van der Waals surface area contributed by atoms with E-state index < -0.39 is 23.3 Å². The Hall–Kier alpha value is -1.04. The van der Waals surface area contributed by atoms with E-state index in [-0.39, 0.29) is 0 Å². The van der Waals surface area contributed by atoms with Crippen molar-refractivity contribution in [2.24, 2.45) is 5.41 Å². The van der Waals surface area contributed by atoms with E-state index in [4.69, 9.17) is 0 Å². The lowest BCUT2D eigenvalue weighted by Gasteiger charge is -2.34. The lowest BCUT2D eigenvalue weighted by atomic mass is 9.88. The molecule has 0 aromatic rings. The number of nitrogens with one attached hydrogen (secondary N) is 1. The first-order valence-corrected chi connectivity index (χ1v) is 7.97. The average molecular weight is 286 g/mol. The van der Waals surface area contributed by atoms with Crippen LogP contribution in [0.25, 0.3) is 0 Å². The number of carbonyl (C=O) groups excluding carboxylic acids is 3. The highest BCUT2D eigenvalue weighted by atomic mass is 32.2. The number of rotatable bonds is 7. The number of hydrogen-bond donors (Lipinski definition) is 1. The Bertz CT molecular complexity index is 369. The van der Waals surface area contributed by atoms with Gasteiger partial charge in [-0.25, -0.2) is 4.79 Å². The van der Waals surface area contributed by atoms with Gasteiger partial charge < -0.3 is 0 Å². The molecule has 0 aliphatic carbocycles. The second-order valence-electron chi connectivity index (χ2n) is 5.25. The summed E-state index contributed by atoms with van der Waals surface area (Å²) in [6.45, 7) is 3.48. The third-order valence-electron chi connectivity index (χ3n) is 3.29. The molecule has 0 spiro atoms. The van der Waals surface area contributed by atoms with Crippen LogP contribution in [0.5, 0.6) is 0 Å². The number of unbranched alkanes of at least 4 members (excludes halogenated alkanes) is 3. The van der Waals surface area contributed by atoms with Crippen molar-refractivity contribution in [3.05, 3.63) is 0 Å². The van der Waals surface area contributed by atoms with Gasteiger partial charge in [-0.3, -0.25) is 19.8 Å². The second-order valence-corrected chi connectivity index (χ2v) is 6.23. The van der Waals surface area contributed by atoms with Crippen LogP contribution in [-0.4, -0.2) is 41.3 Å². The largest absolute Gasteiger partial charge is 0.330 e. The van der Waals surface area contributed by atoms with E-state index in [1.807, 2.05) is 11.8 Å². The normalized spacial score (nSPS) is 18.7. The zero-order valence-corrected chi connectivity index (χ0v) is 12.6. The third kappa shape index (κ3) is 3.96. The van der Waals surface area contributed by atoms with E-state index in [0.29, 0.717) is 6.54 Å². The van der Waals surface area contributed by atoms with E-state index in [1.165, 1.54) is 0 Å². The van der Waals surface area contributed by atoms with Crippen LogP contribution in [0.2, 0.25) is 0 Å². The quantitative estimate of drug-likeness (QED) is 0.574. The van der Waals surface area contributed by atoms with E-state index in [0.717, 1.165) is 36.3 Å². The van der Waals surface area contributed by atoms with Crippen LogP contribution in [-0.2, 0) is 9.59 Å². The molecule has 0 unspecified atom stereocenters. The van der Waals surface area contributed by atoms with Gasteiger partial charge >= 0.3 is 6.03 Å². The summed E-state index contributed by atoms with van der Waals surface area (Å²) < 4.78 is 0. The van der Waals surface area contributed by atoms with Crippen molar-refractivity contribution in [3.63, 3.8) is 0 Å². The van der Waals surface area contributed by atoms with Crippen molar-refractivity contribution in [3.8, 4) is 0 Å². The minimum atomic E-state index is -1.15. The van der Waals surface area contributed by atoms with Gasteiger partial charge in [0.1, 0.15) is 5.41 Å². The summed E-state index contributed by atoms with van der Waals surface area (Å²) in [7, 11) is 0. The van der Waals surface area contributed by atoms with Crippen LogP contribution in [0.1, 0.15) is 39.5 Å². The summed E-state index contributed by atoms with van der Waals surface area (Å²) >= 11 is 1.82. The van der Waals surface area contributed by atoms with Gasteiger partial charge in [0, 0.05) is 6.54 Å². The summed E-state index contributed by atoms with van der Waals surface area (Å²) in [5, 5.41) is 2.24. The van der Waals surface area contributed by atoms with Crippen molar-refractivity contribution in [1.29, 1.82) is 0 Å². The molecule has 1 heterocycles. The summed E-state index contributed by atoms with van der Waals surface area (Å²) in [6.07, 6.45) is 6.12. The number of nitrogens with zero attached hydrogens (tertiary/aromatic N) is 1. The lowest BCUT2D eigenvalue weighted by Crippen LogP contribution is -2.61. The molecule has 4 amide bonds. The maximum atomic E-state index is 12.1. The fourth-order valence-electron chi connectivity index (χ4n) is 1.92. The first kappa shape index (κ1) is 16.0. The molecule has 0 bridgehead atoms. The molecule has 0 aromatic heterocycles. The van der Waals surface area contributed by atoms with Crippen molar-refractivity contribution < 1.29 is 14.4 Å². The minimum absolute atomic E-state index is 0.390. The predicted molar refractivity (Wildman–Crippen MR) is 75.9 cm³/mol. The number of barbiturate groups is 1. The highest BCUT2D eigenvalue weighted by Crippen LogP contribution is 2.23.